The Hall–Kier alpha value is -2.50. The Morgan fingerprint density at radius 1 is 0.750 bits per heavy atom. The monoisotopic (exact) mass is 218 g/mol. The molecule has 0 atom stereocenters. The van der Waals surface area contributed by atoms with Crippen LogP contribution in [0.3, 0.4) is 0 Å². The van der Waals surface area contributed by atoms with Gasteiger partial charge < -0.3 is 22.9 Å². The molecule has 0 saturated carbocycles. The van der Waals surface area contributed by atoms with Crippen molar-refractivity contribution in [3.8, 4) is 0 Å². The van der Waals surface area contributed by atoms with Gasteiger partial charge in [0.1, 0.15) is 17.5 Å². The molecule has 0 saturated heterocycles. The summed E-state index contributed by atoms with van der Waals surface area (Å²) in [6, 6.07) is 8.52. The molecule has 0 aliphatic heterocycles. The van der Waals surface area contributed by atoms with E-state index >= 15 is 0 Å². The fraction of sp³-hybridized carbons (Fsp3) is 0. The van der Waals surface area contributed by atoms with Gasteiger partial charge in [-0.25, -0.2) is 9.97 Å². The summed E-state index contributed by atoms with van der Waals surface area (Å²) in [6.45, 7) is 0. The highest BCUT2D eigenvalue weighted by atomic mass is 14.9. The highest BCUT2D eigenvalue weighted by molar-refractivity contribution is 5.40. The van der Waals surface area contributed by atoms with Gasteiger partial charge in [-0.15, -0.1) is 0 Å². The molecule has 0 aliphatic rings. The second-order valence-corrected chi connectivity index (χ2v) is 3.00. The van der Waals surface area contributed by atoms with Crippen LogP contribution >= 0.6 is 0 Å². The summed E-state index contributed by atoms with van der Waals surface area (Å²) in [4.78, 5) is 7.46. The number of nitrogens with zero attached hydrogens (tertiary/aromatic N) is 2. The fourth-order valence-electron chi connectivity index (χ4n) is 0.886. The number of pyridine rings is 2. The van der Waals surface area contributed by atoms with E-state index in [9.17, 15) is 0 Å². The van der Waals surface area contributed by atoms with Gasteiger partial charge in [-0.1, -0.05) is 6.07 Å². The SMILES string of the molecule is Nc1ccc(N)nc1.Nc1cccc(N)n1. The van der Waals surface area contributed by atoms with E-state index in [1.807, 2.05) is 0 Å². The summed E-state index contributed by atoms with van der Waals surface area (Å²) in [6.07, 6.45) is 1.52. The first-order chi connectivity index (χ1) is 7.58. The third kappa shape index (κ3) is 4.14. The molecule has 2 rings (SSSR count). The van der Waals surface area contributed by atoms with Crippen molar-refractivity contribution in [3.05, 3.63) is 36.5 Å². The Bertz CT molecular complexity index is 401. The standard InChI is InChI=1S/2C5H7N3/c6-4-1-2-5(7)8-3-4;6-4-2-1-3-5(7)8-4/h1-3H,6H2,(H2,7,8);1-3H,(H4,6,7,8). The molecular weight excluding hydrogens is 204 g/mol. The Labute approximate surface area is 93.3 Å². The van der Waals surface area contributed by atoms with Gasteiger partial charge >= 0.3 is 0 Å². The van der Waals surface area contributed by atoms with Crippen LogP contribution in [-0.4, -0.2) is 9.97 Å². The zero-order chi connectivity index (χ0) is 12.0. The van der Waals surface area contributed by atoms with Crippen molar-refractivity contribution in [2.24, 2.45) is 0 Å². The average Bonchev–Trinajstić information content (AvgIpc) is 2.23. The minimum absolute atomic E-state index is 0.463. The highest BCUT2D eigenvalue weighted by Crippen LogP contribution is 2.00. The molecule has 0 unspecified atom stereocenters. The maximum Gasteiger partial charge on any atom is 0.125 e. The Morgan fingerprint density at radius 3 is 1.69 bits per heavy atom. The van der Waals surface area contributed by atoms with Crippen LogP contribution in [0.25, 0.3) is 0 Å². The first-order valence-electron chi connectivity index (χ1n) is 4.53. The Kier molecular flexibility index (Phi) is 3.90. The van der Waals surface area contributed by atoms with Crippen LogP contribution in [-0.2, 0) is 0 Å². The second kappa shape index (κ2) is 5.40. The fourth-order valence-corrected chi connectivity index (χ4v) is 0.886. The maximum absolute atomic E-state index is 5.31. The van der Waals surface area contributed by atoms with E-state index in [4.69, 9.17) is 22.9 Å². The summed E-state index contributed by atoms with van der Waals surface area (Å²) in [5.74, 6) is 1.43. The van der Waals surface area contributed by atoms with E-state index in [0.29, 0.717) is 23.1 Å². The molecule has 8 N–H and O–H groups in total. The molecule has 0 radical (unpaired) electrons. The number of nitrogen functional groups attached to an aromatic ring is 4. The van der Waals surface area contributed by atoms with Gasteiger partial charge in [0.2, 0.25) is 0 Å². The molecule has 6 heteroatoms. The number of anilines is 4. The third-order valence-electron chi connectivity index (χ3n) is 1.60. The van der Waals surface area contributed by atoms with E-state index in [1.165, 1.54) is 6.20 Å². The van der Waals surface area contributed by atoms with Gasteiger partial charge in [0.25, 0.3) is 0 Å². The highest BCUT2D eigenvalue weighted by Gasteiger charge is 1.83. The van der Waals surface area contributed by atoms with Crippen molar-refractivity contribution in [3.63, 3.8) is 0 Å². The lowest BCUT2D eigenvalue weighted by Crippen LogP contribution is -1.93. The molecular formula is C10H14N6. The average molecular weight is 218 g/mol. The molecule has 2 heterocycles. The molecule has 84 valence electrons. The Balaban J connectivity index is 0.000000160. The van der Waals surface area contributed by atoms with Gasteiger partial charge in [0.05, 0.1) is 11.9 Å². The second-order valence-electron chi connectivity index (χ2n) is 3.00. The largest absolute Gasteiger partial charge is 0.397 e. The summed E-state index contributed by atoms with van der Waals surface area (Å²) < 4.78 is 0. The maximum atomic E-state index is 5.31. The van der Waals surface area contributed by atoms with Gasteiger partial charge in [-0.05, 0) is 24.3 Å². The van der Waals surface area contributed by atoms with Crippen molar-refractivity contribution >= 4 is 23.1 Å². The molecule has 2 aromatic heterocycles. The normalized spacial score (nSPS) is 9.00. The molecule has 0 bridgehead atoms. The van der Waals surface area contributed by atoms with Crippen LogP contribution in [0.15, 0.2) is 36.5 Å². The third-order valence-corrected chi connectivity index (χ3v) is 1.60. The van der Waals surface area contributed by atoms with Crippen LogP contribution in [0.1, 0.15) is 0 Å². The number of hydrogen-bond acceptors (Lipinski definition) is 6. The van der Waals surface area contributed by atoms with E-state index < -0.39 is 0 Å². The van der Waals surface area contributed by atoms with E-state index in [2.05, 4.69) is 9.97 Å². The molecule has 0 amide bonds. The Morgan fingerprint density at radius 2 is 1.38 bits per heavy atom. The van der Waals surface area contributed by atoms with Crippen molar-refractivity contribution in [1.29, 1.82) is 0 Å². The van der Waals surface area contributed by atoms with Crippen molar-refractivity contribution in [2.75, 3.05) is 22.9 Å². The molecule has 2 aromatic rings. The van der Waals surface area contributed by atoms with Crippen LogP contribution < -0.4 is 22.9 Å². The number of rotatable bonds is 0. The van der Waals surface area contributed by atoms with Crippen molar-refractivity contribution in [2.45, 2.75) is 0 Å². The van der Waals surface area contributed by atoms with Crippen LogP contribution in [0, 0.1) is 0 Å². The zero-order valence-corrected chi connectivity index (χ0v) is 8.67. The van der Waals surface area contributed by atoms with E-state index in [1.54, 1.807) is 30.3 Å². The lowest BCUT2D eigenvalue weighted by molar-refractivity contribution is 1.34. The number of hydrogen-bond donors (Lipinski definition) is 4. The van der Waals surface area contributed by atoms with Crippen molar-refractivity contribution < 1.29 is 0 Å². The number of aromatic nitrogens is 2. The van der Waals surface area contributed by atoms with Gasteiger partial charge in [0.15, 0.2) is 0 Å². The molecule has 0 aliphatic carbocycles. The van der Waals surface area contributed by atoms with Gasteiger partial charge in [0, 0.05) is 0 Å². The minimum atomic E-state index is 0.463. The zero-order valence-electron chi connectivity index (χ0n) is 8.67. The summed E-state index contributed by atoms with van der Waals surface area (Å²) in [5, 5.41) is 0. The first-order valence-corrected chi connectivity index (χ1v) is 4.53. The first kappa shape index (κ1) is 11.6. The predicted molar refractivity (Wildman–Crippen MR) is 66.1 cm³/mol. The summed E-state index contributed by atoms with van der Waals surface area (Å²) in [5.41, 5.74) is 21.7. The molecule has 0 fully saturated rings. The quantitative estimate of drug-likeness (QED) is 0.509. The summed E-state index contributed by atoms with van der Waals surface area (Å²) >= 11 is 0. The van der Waals surface area contributed by atoms with Gasteiger partial charge in [-0.2, -0.15) is 0 Å². The van der Waals surface area contributed by atoms with E-state index in [-0.39, 0.29) is 0 Å². The molecule has 0 aromatic carbocycles. The van der Waals surface area contributed by atoms with Gasteiger partial charge in [-0.3, -0.25) is 0 Å². The van der Waals surface area contributed by atoms with E-state index in [0.717, 1.165) is 0 Å². The van der Waals surface area contributed by atoms with Crippen LogP contribution in [0.2, 0.25) is 0 Å². The van der Waals surface area contributed by atoms with Crippen LogP contribution in [0.5, 0.6) is 0 Å². The molecule has 6 nitrogen and oxygen atoms in total. The molecule has 0 spiro atoms. The predicted octanol–water partition coefficient (Wildman–Crippen LogP) is 0.492. The van der Waals surface area contributed by atoms with Crippen LogP contribution in [0.4, 0.5) is 23.1 Å². The van der Waals surface area contributed by atoms with Crippen molar-refractivity contribution in [1.82, 2.24) is 9.97 Å². The molecule has 16 heavy (non-hydrogen) atoms. The number of nitrogens with two attached hydrogens (primary N) is 4. The lowest BCUT2D eigenvalue weighted by Gasteiger charge is -1.90. The summed E-state index contributed by atoms with van der Waals surface area (Å²) in [7, 11) is 0. The lowest BCUT2D eigenvalue weighted by atomic mass is 10.4. The minimum Gasteiger partial charge on any atom is -0.397 e. The smallest absolute Gasteiger partial charge is 0.125 e. The topological polar surface area (TPSA) is 130 Å².